The first kappa shape index (κ1) is 104. The van der Waals surface area contributed by atoms with Crippen LogP contribution in [0.25, 0.3) is 10.9 Å². The molecule has 16 atom stereocenters. The maximum absolute atomic E-state index is 15.5. The molecule has 0 spiro atoms. The van der Waals surface area contributed by atoms with E-state index >= 15 is 14.4 Å². The van der Waals surface area contributed by atoms with E-state index in [9.17, 15) is 92.3 Å². The van der Waals surface area contributed by atoms with Gasteiger partial charge < -0.3 is 155 Å². The fourth-order valence-electron chi connectivity index (χ4n) is 12.1. The third-order valence-electron chi connectivity index (χ3n) is 18.8. The molecule has 2 aromatic heterocycles. The maximum Gasteiger partial charge on any atom is 0.305 e. The quantitative estimate of drug-likeness (QED) is 0.0171. The van der Waals surface area contributed by atoms with E-state index in [4.69, 9.17) is 45.2 Å². The number of fused-ring (bicyclic) bond motifs is 17. The number of carboxylic acid groups (broad SMARTS) is 1. The molecule has 56 heteroatoms. The lowest BCUT2D eigenvalue weighted by Crippen LogP contribution is -2.62. The molecule has 3 saturated heterocycles. The average Bonchev–Trinajstić information content (AvgIpc) is 1.68. The van der Waals surface area contributed by atoms with E-state index < -0.39 is 308 Å². The van der Waals surface area contributed by atoms with Crippen LogP contribution in [0.4, 0.5) is 0 Å². The lowest BCUT2D eigenvalue weighted by molar-refractivity contribution is -0.141. The summed E-state index contributed by atoms with van der Waals surface area (Å²) in [5, 5.41) is 99.7. The summed E-state index contributed by atoms with van der Waals surface area (Å²) in [5.41, 5.74) is 36.0. The second-order valence-electron chi connectivity index (χ2n) is 28.5. The van der Waals surface area contributed by atoms with Gasteiger partial charge in [0.15, 0.2) is 11.9 Å². The number of nitrogens with two attached hydrogens (primary N) is 6. The number of aliphatic carboxylic acids is 1. The number of guanidine groups is 2. The SMILES string of the molecule is N=C(N)NCCCC1NC(=O)C(CO)NC(=O)C(Cc2c[nH]cn2)NC(=O)C(CC(=O)O)NC(=O)C(CCCNC(=N)N)NC(=O)C2CSSCC(N)C(=O)NC3CSSCC(NC1=O)C(=O)NC(C(N)=O)CSSCC(NC(=O)C(CC(N)=O)NC3=O)C(=O)NC(CO)C(=O)NC(CO)C(=O)NC(CCCCN)C(=O)NC(Cc1c[nH]c3ccccc13)C(=O)N2. The molecule has 694 valence electrons. The molecular formula is C70H106N28O22S6. The van der Waals surface area contributed by atoms with Crippen molar-refractivity contribution in [3.63, 3.8) is 0 Å². The number of primary amides is 2. The van der Waals surface area contributed by atoms with Gasteiger partial charge in [-0.05, 0) is 63.1 Å². The van der Waals surface area contributed by atoms with Crippen molar-refractivity contribution < 1.29 is 107 Å². The van der Waals surface area contributed by atoms with Gasteiger partial charge in [-0.25, -0.2) is 4.98 Å². The number of rotatable bonds is 24. The molecule has 0 saturated carbocycles. The largest absolute Gasteiger partial charge is 0.481 e. The first-order chi connectivity index (χ1) is 60.0. The highest BCUT2D eigenvalue weighted by Crippen LogP contribution is 2.28. The van der Waals surface area contributed by atoms with Crippen LogP contribution in [0.3, 0.4) is 0 Å². The van der Waals surface area contributed by atoms with Crippen molar-refractivity contribution in [1.29, 1.82) is 10.8 Å². The minimum absolute atomic E-state index is 0.0490. The van der Waals surface area contributed by atoms with Crippen LogP contribution in [0.5, 0.6) is 0 Å². The Labute approximate surface area is 742 Å². The number of aliphatic hydroxyl groups is 3. The number of hydrogen-bond donors (Lipinski definition) is 31. The van der Waals surface area contributed by atoms with Gasteiger partial charge in [-0.2, -0.15) is 0 Å². The summed E-state index contributed by atoms with van der Waals surface area (Å²) in [7, 11) is 4.39. The monoisotopic (exact) mass is 1880 g/mol. The molecule has 37 N–H and O–H groups in total. The lowest BCUT2D eigenvalue weighted by Gasteiger charge is -2.28. The van der Waals surface area contributed by atoms with Gasteiger partial charge in [0, 0.05) is 83.7 Å². The smallest absolute Gasteiger partial charge is 0.305 e. The second kappa shape index (κ2) is 53.4. The second-order valence-corrected chi connectivity index (χ2v) is 36.2. The summed E-state index contributed by atoms with van der Waals surface area (Å²) in [6.07, 6.45) is -0.303. The Morgan fingerprint density at radius 1 is 0.421 bits per heavy atom. The highest BCUT2D eigenvalue weighted by atomic mass is 33.1. The van der Waals surface area contributed by atoms with Gasteiger partial charge in [-0.3, -0.25) is 97.1 Å². The molecule has 3 fully saturated rings. The topological polar surface area (TPSA) is 841 Å². The number of hydrogen-bond acceptors (Lipinski definition) is 32. The van der Waals surface area contributed by atoms with Crippen LogP contribution in [0.1, 0.15) is 69.0 Å². The molecule has 0 aliphatic carbocycles. The van der Waals surface area contributed by atoms with Gasteiger partial charge >= 0.3 is 5.97 Å². The Bertz CT molecular complexity index is 4350. The fourth-order valence-corrected chi connectivity index (χ4v) is 19.0. The number of aromatic amines is 2. The van der Waals surface area contributed by atoms with Gasteiger partial charge in [0.2, 0.25) is 100 Å². The first-order valence-electron chi connectivity index (χ1n) is 39.1. The van der Waals surface area contributed by atoms with Gasteiger partial charge in [0.25, 0.3) is 0 Å². The number of H-pyrrole nitrogens is 2. The molecule has 50 nitrogen and oxygen atoms in total. The molecule has 3 aromatic rings. The van der Waals surface area contributed by atoms with E-state index in [1.165, 1.54) is 18.7 Å². The van der Waals surface area contributed by atoms with Crippen molar-refractivity contribution in [2.75, 3.05) is 74.0 Å². The lowest BCUT2D eigenvalue weighted by atomic mass is 10.0. The summed E-state index contributed by atoms with van der Waals surface area (Å²) in [6, 6.07) is -23.4. The number of carboxylic acids is 1. The predicted molar refractivity (Wildman–Crippen MR) is 464 cm³/mol. The summed E-state index contributed by atoms with van der Waals surface area (Å²) in [5.74, 6) is -27.2. The van der Waals surface area contributed by atoms with Crippen molar-refractivity contribution >= 4 is 194 Å². The molecule has 0 radical (unpaired) electrons. The minimum Gasteiger partial charge on any atom is -0.481 e. The van der Waals surface area contributed by atoms with Crippen LogP contribution in [-0.2, 0) is 99.1 Å². The van der Waals surface area contributed by atoms with E-state index in [1.54, 1.807) is 24.3 Å². The molecule has 6 rings (SSSR count). The van der Waals surface area contributed by atoms with Gasteiger partial charge in [-0.15, -0.1) is 0 Å². The predicted octanol–water partition coefficient (Wildman–Crippen LogP) is -12.1. The summed E-state index contributed by atoms with van der Waals surface area (Å²) < 4.78 is 0. The molecule has 4 bridgehead atoms. The number of unbranched alkanes of at least 4 members (excludes halogenated alkanes) is 1. The van der Waals surface area contributed by atoms with Crippen LogP contribution >= 0.6 is 64.8 Å². The zero-order valence-electron chi connectivity index (χ0n) is 67.5. The molecular weight excluding hydrogens is 1780 g/mol. The van der Waals surface area contributed by atoms with Crippen LogP contribution < -0.4 is 125 Å². The zero-order valence-corrected chi connectivity index (χ0v) is 72.4. The average molecular weight is 1880 g/mol. The van der Waals surface area contributed by atoms with E-state index in [2.05, 4.69) is 105 Å². The van der Waals surface area contributed by atoms with Crippen LogP contribution in [0.2, 0.25) is 0 Å². The molecule has 1 aromatic carbocycles. The highest BCUT2D eigenvalue weighted by Gasteiger charge is 2.41. The van der Waals surface area contributed by atoms with Crippen molar-refractivity contribution in [3.8, 4) is 0 Å². The number of benzene rings is 1. The Hall–Kier alpha value is -11.1. The molecule has 3 aliphatic rings. The van der Waals surface area contributed by atoms with Crippen LogP contribution in [0.15, 0.2) is 43.0 Å². The van der Waals surface area contributed by atoms with E-state index in [0.29, 0.717) is 38.1 Å². The number of imidazole rings is 1. The minimum atomic E-state index is -2.18. The number of nitrogens with one attached hydrogen (secondary N) is 21. The molecule has 5 heterocycles. The number of para-hydroxylation sites is 1. The Balaban J connectivity index is 1.61. The third-order valence-corrected chi connectivity index (χ3v) is 26.1. The summed E-state index contributed by atoms with van der Waals surface area (Å²) in [4.78, 5) is 270. The van der Waals surface area contributed by atoms with Crippen molar-refractivity contribution in [3.05, 3.63) is 54.2 Å². The van der Waals surface area contributed by atoms with Crippen molar-refractivity contribution in [2.45, 2.75) is 167 Å². The Morgan fingerprint density at radius 3 is 1.25 bits per heavy atom. The van der Waals surface area contributed by atoms with E-state index in [1.807, 2.05) is 0 Å². The van der Waals surface area contributed by atoms with Crippen LogP contribution in [0, 0.1) is 10.8 Å². The van der Waals surface area contributed by atoms with Crippen molar-refractivity contribution in [1.82, 2.24) is 105 Å². The van der Waals surface area contributed by atoms with Gasteiger partial charge in [0.05, 0.1) is 50.7 Å². The molecule has 3 aliphatic heterocycles. The Kier molecular flexibility index (Phi) is 43.9. The number of amides is 17. The summed E-state index contributed by atoms with van der Waals surface area (Å²) >= 11 is 0. The molecule has 17 amide bonds. The number of carbonyl (C=O) groups excluding carboxylic acids is 17. The standard InChI is InChI=1S/C70H106N28O22S6/c71-12-4-3-9-36-55(107)87-39(15-31-19-82-35-8-2-1-7-33(31)35)58(110)97-48-27-123-121-24-34(72)54(106)95-47-26-125-126-29-50(68(120)94-46(53(74)105)25-122-124-28-49(98-60(112)41(17-51(73)102)89-66(47)118)67(119)93-45(23-101)64(116)92-44(22-100)63(115)84-36)96-57(109)38(11-6-14-81-70(77)78)85-62(114)43(21-99)91-59(111)40(16-32-20-79-30-83-32)88-61(113)42(18-52(103)104)90-56(108)37(86-65(48)117)10-5-13-80-69(75)76/h1-2,7-8,19-20,30,34,36-50,82,99-101H,3-6,9-18,21-29,71-72H2,(H2,73,102)(H2,74,105)(H,79,83)(H,84,115)(H,85,114)(H,86,117)(H,87,107)(H,88,113)(H,89,118)(H,90,108)(H,91,111)(H,92,116)(H,93,119)(H,94,120)(H,95,106)(H,96,109)(H,97,110)(H,98,112)(H,103,104)(H4,75,76,80)(H4,77,78,81). The van der Waals surface area contributed by atoms with Gasteiger partial charge in [-0.1, -0.05) is 83.0 Å². The number of aromatic nitrogens is 3. The van der Waals surface area contributed by atoms with E-state index in [0.717, 1.165) is 43.2 Å². The number of carbonyl (C=O) groups is 18. The highest BCUT2D eigenvalue weighted by molar-refractivity contribution is 8.77. The third kappa shape index (κ3) is 34.7. The van der Waals surface area contributed by atoms with E-state index in [-0.39, 0.29) is 57.4 Å². The maximum atomic E-state index is 15.5. The first-order valence-corrected chi connectivity index (χ1v) is 46.5. The Morgan fingerprint density at radius 2 is 0.786 bits per heavy atom. The molecule has 16 unspecified atom stereocenters. The van der Waals surface area contributed by atoms with Crippen LogP contribution in [-0.4, -0.2) is 324 Å². The van der Waals surface area contributed by atoms with Crippen molar-refractivity contribution in [2.24, 2.45) is 34.4 Å². The number of aliphatic hydroxyl groups excluding tert-OH is 3. The number of nitrogens with zero attached hydrogens (tertiary/aromatic N) is 1. The zero-order chi connectivity index (χ0) is 92.7. The molecule has 126 heavy (non-hydrogen) atoms. The summed E-state index contributed by atoms with van der Waals surface area (Å²) in [6.45, 7) is -4.02. The van der Waals surface area contributed by atoms with Gasteiger partial charge in [0.1, 0.15) is 90.6 Å². The normalized spacial score (nSPS) is 26.4. The fraction of sp³-hybridized carbons (Fsp3) is 0.557.